The van der Waals surface area contributed by atoms with Crippen LogP contribution >= 0.6 is 7.82 Å². The second kappa shape index (κ2) is 21.3. The van der Waals surface area contributed by atoms with Gasteiger partial charge in [0, 0.05) is 6.42 Å². The number of ether oxygens (including phenoxy) is 1. The van der Waals surface area contributed by atoms with E-state index in [0.29, 0.717) is 17.4 Å². The van der Waals surface area contributed by atoms with Gasteiger partial charge in [-0.3, -0.25) is 9.36 Å². The van der Waals surface area contributed by atoms with Crippen molar-refractivity contribution in [3.05, 3.63) is 12.2 Å². The number of esters is 1. The molecule has 0 heterocycles. The van der Waals surface area contributed by atoms with Crippen LogP contribution in [0.2, 0.25) is 0 Å². The number of hydrogen-bond donors (Lipinski definition) is 1. The van der Waals surface area contributed by atoms with E-state index in [1.807, 2.05) is 21.1 Å². The molecule has 0 aromatic heterocycles. The number of likely N-dealkylation sites (N-methyl/N-ethyl adjacent to an activating group) is 1. The summed E-state index contributed by atoms with van der Waals surface area (Å²) < 4.78 is 27.0. The lowest BCUT2D eigenvalue weighted by molar-refractivity contribution is -0.870. The van der Waals surface area contributed by atoms with Crippen molar-refractivity contribution in [1.29, 1.82) is 0 Å². The number of hydrogen-bond acceptors (Lipinski definition) is 7. The molecule has 0 aliphatic rings. The lowest BCUT2D eigenvalue weighted by Crippen LogP contribution is -2.37. The van der Waals surface area contributed by atoms with Crippen molar-refractivity contribution in [2.24, 2.45) is 0 Å². The molecule has 0 saturated heterocycles. The number of carbonyl (C=O) groups excluding carboxylic acids is 1. The van der Waals surface area contributed by atoms with Crippen molar-refractivity contribution < 1.29 is 37.6 Å². The van der Waals surface area contributed by atoms with Gasteiger partial charge in [-0.25, -0.2) is 0 Å². The highest BCUT2D eigenvalue weighted by Crippen LogP contribution is 2.38. The van der Waals surface area contributed by atoms with Gasteiger partial charge in [0.15, 0.2) is 0 Å². The highest BCUT2D eigenvalue weighted by Gasteiger charge is 2.19. The maximum atomic E-state index is 12.0. The molecule has 2 atom stereocenters. The zero-order valence-electron chi connectivity index (χ0n) is 22.8. The van der Waals surface area contributed by atoms with Gasteiger partial charge < -0.3 is 28.3 Å². The summed E-state index contributed by atoms with van der Waals surface area (Å²) in [5.41, 5.74) is 0. The van der Waals surface area contributed by atoms with E-state index in [4.69, 9.17) is 13.8 Å². The molecule has 0 saturated carbocycles. The Balaban J connectivity index is 3.75. The Morgan fingerprint density at radius 3 is 2.00 bits per heavy atom. The number of carbonyl (C=O) groups is 1. The van der Waals surface area contributed by atoms with Crippen molar-refractivity contribution in [3.8, 4) is 0 Å². The minimum atomic E-state index is -4.51. The first-order chi connectivity index (χ1) is 16.6. The van der Waals surface area contributed by atoms with Crippen LogP contribution in [0.1, 0.15) is 96.8 Å². The van der Waals surface area contributed by atoms with Crippen LogP contribution in [0.4, 0.5) is 0 Å². The second-order valence-electron chi connectivity index (χ2n) is 10.2. The summed E-state index contributed by atoms with van der Waals surface area (Å²) >= 11 is 0. The normalized spacial score (nSPS) is 14.8. The first-order valence-corrected chi connectivity index (χ1v) is 14.9. The topological polar surface area (TPSA) is 105 Å². The molecule has 0 aliphatic heterocycles. The fraction of sp³-hybridized carbons (Fsp3) is 0.885. The molecule has 0 spiro atoms. The van der Waals surface area contributed by atoms with E-state index >= 15 is 0 Å². The van der Waals surface area contributed by atoms with E-state index in [1.165, 1.54) is 44.9 Å². The van der Waals surface area contributed by atoms with Crippen LogP contribution in [0, 0.1) is 0 Å². The number of aliphatic hydroxyl groups is 1. The average molecular weight is 522 g/mol. The summed E-state index contributed by atoms with van der Waals surface area (Å²) in [5, 5.41) is 9.36. The average Bonchev–Trinajstić information content (AvgIpc) is 2.78. The van der Waals surface area contributed by atoms with Gasteiger partial charge in [0.05, 0.1) is 34.4 Å². The van der Waals surface area contributed by atoms with E-state index in [9.17, 15) is 19.4 Å². The van der Waals surface area contributed by atoms with Crippen LogP contribution in [-0.4, -0.2) is 69.2 Å². The third-order valence-electron chi connectivity index (χ3n) is 5.57. The van der Waals surface area contributed by atoms with E-state index in [1.54, 1.807) is 0 Å². The standard InChI is InChI=1S/C26H52NO7P/c1-5-6-7-8-9-10-11-12-13-14-15-16-17-18-19-20-26(29)34-25(23-28)24-33-35(30,31)32-22-21-27(2,3)4/h12-13,25,28H,5-11,14-24H2,1-4H3/b13-12-/t25-/m0/s1. The van der Waals surface area contributed by atoms with E-state index in [-0.39, 0.29) is 13.0 Å². The van der Waals surface area contributed by atoms with Gasteiger partial charge in [0.1, 0.15) is 19.3 Å². The molecule has 9 heteroatoms. The summed E-state index contributed by atoms with van der Waals surface area (Å²) in [7, 11) is 1.23. The maximum absolute atomic E-state index is 12.0. The highest BCUT2D eigenvalue weighted by molar-refractivity contribution is 7.45. The molecular weight excluding hydrogens is 469 g/mol. The third-order valence-corrected chi connectivity index (χ3v) is 6.54. The summed E-state index contributed by atoms with van der Waals surface area (Å²) in [6, 6.07) is 0. The van der Waals surface area contributed by atoms with Crippen molar-refractivity contribution in [2.75, 3.05) is 47.5 Å². The molecular formula is C26H52NO7P. The molecule has 1 unspecified atom stereocenters. The van der Waals surface area contributed by atoms with Crippen molar-refractivity contribution in [1.82, 2.24) is 0 Å². The van der Waals surface area contributed by atoms with Crippen molar-refractivity contribution in [2.45, 2.75) is 103 Å². The molecule has 0 aromatic rings. The van der Waals surface area contributed by atoms with Crippen LogP contribution in [-0.2, 0) is 23.1 Å². The largest absolute Gasteiger partial charge is 0.756 e. The van der Waals surface area contributed by atoms with E-state index < -0.39 is 33.1 Å². The first kappa shape index (κ1) is 34.2. The van der Waals surface area contributed by atoms with Crippen LogP contribution < -0.4 is 4.89 Å². The van der Waals surface area contributed by atoms with Crippen LogP contribution in [0.25, 0.3) is 0 Å². The van der Waals surface area contributed by atoms with Crippen LogP contribution in [0.15, 0.2) is 12.2 Å². The minimum Gasteiger partial charge on any atom is -0.756 e. The van der Waals surface area contributed by atoms with Gasteiger partial charge in [0.2, 0.25) is 0 Å². The van der Waals surface area contributed by atoms with Gasteiger partial charge in [-0.1, -0.05) is 70.4 Å². The number of phosphoric ester groups is 1. The van der Waals surface area contributed by atoms with Crippen molar-refractivity contribution in [3.63, 3.8) is 0 Å². The molecule has 0 amide bonds. The molecule has 8 nitrogen and oxygen atoms in total. The molecule has 0 radical (unpaired) electrons. The Kier molecular flexibility index (Phi) is 20.9. The van der Waals surface area contributed by atoms with E-state index in [0.717, 1.165) is 32.1 Å². The summed E-state index contributed by atoms with van der Waals surface area (Å²) in [6.45, 7) is 1.75. The van der Waals surface area contributed by atoms with Gasteiger partial charge in [-0.15, -0.1) is 0 Å². The van der Waals surface area contributed by atoms with Gasteiger partial charge in [-0.05, 0) is 32.1 Å². The minimum absolute atomic E-state index is 0.0106. The second-order valence-corrected chi connectivity index (χ2v) is 11.6. The number of quaternary nitrogens is 1. The third kappa shape index (κ3) is 24.7. The number of phosphoric acid groups is 1. The number of aliphatic hydroxyl groups excluding tert-OH is 1. The first-order valence-electron chi connectivity index (χ1n) is 13.5. The lowest BCUT2D eigenvalue weighted by Gasteiger charge is -2.28. The van der Waals surface area contributed by atoms with Crippen LogP contribution in [0.3, 0.4) is 0 Å². The summed E-state index contributed by atoms with van der Waals surface area (Å²) in [4.78, 5) is 23.8. The molecule has 0 aromatic carbocycles. The molecule has 1 N–H and O–H groups in total. The summed E-state index contributed by atoms with van der Waals surface area (Å²) in [6.07, 6.45) is 19.1. The van der Waals surface area contributed by atoms with Gasteiger partial charge in [-0.2, -0.15) is 0 Å². The Bertz CT molecular complexity index is 593. The number of unbranched alkanes of at least 4 members (excludes halogenated alkanes) is 11. The molecule has 35 heavy (non-hydrogen) atoms. The van der Waals surface area contributed by atoms with Gasteiger partial charge in [0.25, 0.3) is 7.82 Å². The SMILES string of the molecule is CCCCCCCC/C=C\CCCCCCCC(=O)O[C@@H](CO)COP(=O)([O-])OCC[N+](C)(C)C. The van der Waals surface area contributed by atoms with Gasteiger partial charge >= 0.3 is 5.97 Å². The smallest absolute Gasteiger partial charge is 0.306 e. The lowest BCUT2D eigenvalue weighted by atomic mass is 10.1. The number of nitrogens with zero attached hydrogens (tertiary/aromatic N) is 1. The van der Waals surface area contributed by atoms with E-state index in [2.05, 4.69) is 19.1 Å². The zero-order chi connectivity index (χ0) is 26.4. The Hall–Kier alpha value is -0.760. The van der Waals surface area contributed by atoms with Crippen LogP contribution in [0.5, 0.6) is 0 Å². The number of allylic oxidation sites excluding steroid dienone is 2. The molecule has 0 aliphatic carbocycles. The Labute approximate surface area is 214 Å². The maximum Gasteiger partial charge on any atom is 0.306 e. The fourth-order valence-electron chi connectivity index (χ4n) is 3.35. The molecule has 0 bridgehead atoms. The Morgan fingerprint density at radius 2 is 1.46 bits per heavy atom. The molecule has 0 fully saturated rings. The highest BCUT2D eigenvalue weighted by atomic mass is 31.2. The monoisotopic (exact) mass is 521 g/mol. The Morgan fingerprint density at radius 1 is 0.914 bits per heavy atom. The predicted octanol–water partition coefficient (Wildman–Crippen LogP) is 5.14. The summed E-state index contributed by atoms with van der Waals surface area (Å²) in [5.74, 6) is -0.461. The number of rotatable bonds is 24. The molecule has 208 valence electrons. The predicted molar refractivity (Wildman–Crippen MR) is 139 cm³/mol. The fourth-order valence-corrected chi connectivity index (χ4v) is 4.08. The quantitative estimate of drug-likeness (QED) is 0.0617. The zero-order valence-corrected chi connectivity index (χ0v) is 23.6. The van der Waals surface area contributed by atoms with Crippen molar-refractivity contribution >= 4 is 13.8 Å². The molecule has 0 rings (SSSR count).